The first-order valence-electron chi connectivity index (χ1n) is 25.4. The highest BCUT2D eigenvalue weighted by Crippen LogP contribution is 2.42. The summed E-state index contributed by atoms with van der Waals surface area (Å²) in [6.45, 7) is 0.477. The lowest BCUT2D eigenvalue weighted by Gasteiger charge is -2.44. The number of aromatic hydroxyl groups is 1. The second-order valence-corrected chi connectivity index (χ2v) is 20.8. The van der Waals surface area contributed by atoms with Crippen LogP contribution in [0.1, 0.15) is 156 Å². The van der Waals surface area contributed by atoms with E-state index in [1.165, 1.54) is 46.8 Å². The number of pyridine rings is 2. The van der Waals surface area contributed by atoms with Gasteiger partial charge in [-0.2, -0.15) is 0 Å². The van der Waals surface area contributed by atoms with Crippen molar-refractivity contribution in [1.82, 2.24) is 24.3 Å². The second-order valence-electron chi connectivity index (χ2n) is 20.8. The van der Waals surface area contributed by atoms with E-state index in [9.17, 15) is 56.5 Å². The Morgan fingerprint density at radius 2 is 1.19 bits per heavy atom. The Bertz CT molecular complexity index is 3040. The van der Waals surface area contributed by atoms with Crippen LogP contribution in [0.2, 0.25) is 0 Å². The number of carboxylic acid groups (broad SMARTS) is 1. The van der Waals surface area contributed by atoms with E-state index in [0.29, 0.717) is 24.9 Å². The number of methoxy groups -OCH3 is 1. The predicted octanol–water partition coefficient (Wildman–Crippen LogP) is 6.53. The molecule has 6 fully saturated rings. The van der Waals surface area contributed by atoms with Gasteiger partial charge in [0.2, 0.25) is 10.9 Å². The maximum absolute atomic E-state index is 14.8. The molecule has 4 aliphatic carbocycles. The number of hydrogen-bond acceptors (Lipinski definition) is 11. The first-order chi connectivity index (χ1) is 35.4. The number of aromatic nitrogens is 2. The molecular weight excluding hydrogens is 973 g/mol. The number of nitrogens with two attached hydrogens (primary N) is 1. The molecule has 74 heavy (non-hydrogen) atoms. The van der Waals surface area contributed by atoms with Crippen LogP contribution in [0.25, 0.3) is 0 Å². The molecule has 2 saturated heterocycles. The van der Waals surface area contributed by atoms with Gasteiger partial charge in [0, 0.05) is 53.3 Å². The summed E-state index contributed by atoms with van der Waals surface area (Å²) in [4.78, 5) is 79.5. The molecule has 21 heteroatoms. The Labute approximate surface area is 422 Å². The highest BCUT2D eigenvalue weighted by molar-refractivity contribution is 6.00. The van der Waals surface area contributed by atoms with Gasteiger partial charge in [-0.25, -0.2) is 22.4 Å². The number of nitrogens with one attached hydrogen (secondary N) is 1. The first kappa shape index (κ1) is 50.9. The lowest BCUT2D eigenvalue weighted by atomic mass is 9.76. The van der Waals surface area contributed by atoms with E-state index in [1.54, 1.807) is 9.80 Å². The Hall–Kier alpha value is -6.58. The molecule has 4 saturated carbocycles. The molecule has 2 aromatic heterocycles. The molecule has 4 aromatic rings. The fourth-order valence-corrected chi connectivity index (χ4v) is 12.7. The SMILES string of the molecule is COc1c2n(cc(C(=O)O)c1=O)CC1O[C@H]3CC[C@H](C3)N1C2=O.NC1(c2ccc(F)cc2F)CCCCC1.O=C(NC1(c2ccc(F)cc2F)CCCCC1)c1cn2c(c(O)c1=O)C(=O)N1C(C2)O[C@H]2CC[C@@H]1C2. The Kier molecular flexibility index (Phi) is 13.7. The Morgan fingerprint density at radius 1 is 0.689 bits per heavy atom. The van der Waals surface area contributed by atoms with Crippen LogP contribution in [0.5, 0.6) is 11.5 Å². The molecule has 3 amide bonds. The number of nitrogens with zero attached hydrogens (tertiary/aromatic N) is 4. The largest absolute Gasteiger partial charge is 0.503 e. The number of amides is 3. The van der Waals surface area contributed by atoms with Crippen LogP contribution in [0, 0.1) is 23.3 Å². The van der Waals surface area contributed by atoms with Gasteiger partial charge in [0.15, 0.2) is 35.3 Å². The van der Waals surface area contributed by atoms with Crippen molar-refractivity contribution in [3.05, 3.63) is 126 Å². The van der Waals surface area contributed by atoms with Crippen LogP contribution in [0.15, 0.2) is 58.4 Å². The summed E-state index contributed by atoms with van der Waals surface area (Å²) in [7, 11) is 1.26. The van der Waals surface area contributed by atoms with E-state index in [4.69, 9.17) is 19.9 Å². The van der Waals surface area contributed by atoms with E-state index >= 15 is 0 Å². The number of carboxylic acids is 1. The zero-order chi connectivity index (χ0) is 52.4. The fraction of sp³-hybridized carbons (Fsp3) is 0.509. The molecule has 6 atom stereocenters. The number of hydrogen-bond donors (Lipinski definition) is 4. The number of carbonyl (C=O) groups excluding carboxylic acids is 3. The molecule has 5 N–H and O–H groups in total. The summed E-state index contributed by atoms with van der Waals surface area (Å²) >= 11 is 0. The quantitative estimate of drug-likeness (QED) is 0.151. The summed E-state index contributed by atoms with van der Waals surface area (Å²) in [5.74, 6) is -6.49. The van der Waals surface area contributed by atoms with E-state index < -0.39 is 86.8 Å². The molecule has 0 radical (unpaired) electrons. The van der Waals surface area contributed by atoms with Gasteiger partial charge in [0.25, 0.3) is 17.7 Å². The van der Waals surface area contributed by atoms with Crippen molar-refractivity contribution >= 4 is 23.7 Å². The van der Waals surface area contributed by atoms with Crippen molar-refractivity contribution < 1.29 is 61.2 Å². The summed E-state index contributed by atoms with van der Waals surface area (Å²) in [6, 6.07) is 7.05. The van der Waals surface area contributed by atoms with Gasteiger partial charge >= 0.3 is 5.97 Å². The van der Waals surface area contributed by atoms with Crippen LogP contribution < -0.4 is 26.6 Å². The molecule has 12 rings (SSSR count). The lowest BCUT2D eigenvalue weighted by Crippen LogP contribution is -2.57. The van der Waals surface area contributed by atoms with E-state index in [0.717, 1.165) is 108 Å². The summed E-state index contributed by atoms with van der Waals surface area (Å²) < 4.78 is 74.7. The molecule has 8 aliphatic rings. The van der Waals surface area contributed by atoms with Crippen LogP contribution >= 0.6 is 0 Å². The minimum Gasteiger partial charge on any atom is -0.503 e. The lowest BCUT2D eigenvalue weighted by molar-refractivity contribution is -0.132. The third-order valence-electron chi connectivity index (χ3n) is 16.3. The average Bonchev–Trinajstić information content (AvgIpc) is 3.95. The summed E-state index contributed by atoms with van der Waals surface area (Å²) in [5.41, 5.74) is 2.55. The van der Waals surface area contributed by atoms with Crippen molar-refractivity contribution in [3.8, 4) is 11.5 Å². The van der Waals surface area contributed by atoms with Crippen LogP contribution in [-0.4, -0.2) is 96.7 Å². The van der Waals surface area contributed by atoms with Crippen molar-refractivity contribution in [2.24, 2.45) is 5.73 Å². The smallest absolute Gasteiger partial charge is 0.341 e. The summed E-state index contributed by atoms with van der Waals surface area (Å²) in [6.07, 6.45) is 14.7. The number of ether oxygens (including phenoxy) is 3. The maximum Gasteiger partial charge on any atom is 0.341 e. The molecular formula is C53H58F4N6O11. The van der Waals surface area contributed by atoms with Gasteiger partial charge in [0.05, 0.1) is 37.9 Å². The molecule has 0 spiro atoms. The zero-order valence-electron chi connectivity index (χ0n) is 40.8. The van der Waals surface area contributed by atoms with Crippen molar-refractivity contribution in [2.75, 3.05) is 7.11 Å². The Balaban J connectivity index is 0.000000140. The van der Waals surface area contributed by atoms with Crippen molar-refractivity contribution in [3.63, 3.8) is 0 Å². The van der Waals surface area contributed by atoms with Gasteiger partial charge in [-0.3, -0.25) is 24.0 Å². The number of benzene rings is 2. The van der Waals surface area contributed by atoms with Crippen molar-refractivity contribution in [1.29, 1.82) is 0 Å². The number of aromatic carboxylic acids is 1. The molecule has 394 valence electrons. The molecule has 17 nitrogen and oxygen atoms in total. The van der Waals surface area contributed by atoms with Crippen LogP contribution in [0.4, 0.5) is 17.6 Å². The van der Waals surface area contributed by atoms with Crippen LogP contribution in [-0.2, 0) is 33.6 Å². The van der Waals surface area contributed by atoms with E-state index in [-0.39, 0.29) is 65.0 Å². The topological polar surface area (TPSA) is 225 Å². The number of rotatable bonds is 6. The van der Waals surface area contributed by atoms with Gasteiger partial charge < -0.3 is 54.4 Å². The third-order valence-corrected chi connectivity index (χ3v) is 16.3. The maximum atomic E-state index is 14.8. The number of halogens is 4. The van der Waals surface area contributed by atoms with Gasteiger partial charge in [-0.15, -0.1) is 0 Å². The Morgan fingerprint density at radius 3 is 1.72 bits per heavy atom. The normalized spacial score (nSPS) is 25.7. The molecule has 2 unspecified atom stereocenters. The average molecular weight is 1030 g/mol. The number of carbonyl (C=O) groups is 4. The minimum absolute atomic E-state index is 0.00393. The van der Waals surface area contributed by atoms with Gasteiger partial charge in [-0.1, -0.05) is 50.7 Å². The first-order valence-corrected chi connectivity index (χ1v) is 25.4. The molecule has 2 aromatic carbocycles. The molecule has 4 aliphatic heterocycles. The monoisotopic (exact) mass is 1030 g/mol. The highest BCUT2D eigenvalue weighted by Gasteiger charge is 2.50. The summed E-state index contributed by atoms with van der Waals surface area (Å²) in [5, 5.41) is 22.8. The third kappa shape index (κ3) is 9.13. The predicted molar refractivity (Wildman–Crippen MR) is 255 cm³/mol. The molecule has 6 heterocycles. The van der Waals surface area contributed by atoms with Crippen LogP contribution in [0.3, 0.4) is 0 Å². The zero-order valence-corrected chi connectivity index (χ0v) is 40.8. The van der Waals surface area contributed by atoms with E-state index in [1.807, 2.05) is 0 Å². The highest BCUT2D eigenvalue weighted by atomic mass is 19.1. The van der Waals surface area contributed by atoms with Gasteiger partial charge in [0.1, 0.15) is 34.4 Å². The second kappa shape index (κ2) is 19.9. The standard InChI is InChI=1S/C26H27F2N3O5.C15H16N2O6.C12H15F2N/c27-14-4-7-18(19(28)10-14)26(8-2-1-3-9-26)29-24(34)17-12-30-13-20-31(15-5-6-16(11-15)36-20)25(35)21(30)23(33)22(17)32;1-22-13-11-14(19)17-7-2-3-8(4-7)23-10(17)6-16(11)5-9(12(13)18)15(20)21;13-9-4-5-10(11(14)8-9)12(15)6-2-1-3-7-12/h4,7,10,12,15-16,20,33H,1-3,5-6,8-9,11,13H2,(H,29,34);5,7-8,10H,2-4,6H2,1H3,(H,20,21);4-5,8H,1-3,6-7,15H2/t15-,16+,20?;7-,8+,10?;/m11./s1. The van der Waals surface area contributed by atoms with Gasteiger partial charge in [-0.05, 0) is 76.3 Å². The molecule has 4 bridgehead atoms. The van der Waals surface area contributed by atoms with E-state index in [2.05, 4.69) is 5.32 Å². The van der Waals surface area contributed by atoms with Crippen molar-refractivity contribution in [2.45, 2.75) is 164 Å². The fourth-order valence-electron chi connectivity index (χ4n) is 12.7. The minimum atomic E-state index is -1.34. The number of fused-ring (bicyclic) bond motifs is 10.